The summed E-state index contributed by atoms with van der Waals surface area (Å²) in [4.78, 5) is 4.24. The number of benzene rings is 2. The number of hydrogen-bond acceptors (Lipinski definition) is 3. The van der Waals surface area contributed by atoms with E-state index in [-0.39, 0.29) is 0 Å². The van der Waals surface area contributed by atoms with Crippen LogP contribution in [0.4, 0.5) is 5.69 Å². The largest absolute Gasteiger partial charge is 0.438 e. The van der Waals surface area contributed by atoms with E-state index in [2.05, 4.69) is 17.1 Å². The predicted molar refractivity (Wildman–Crippen MR) is 77.4 cm³/mol. The van der Waals surface area contributed by atoms with Gasteiger partial charge in [-0.15, -0.1) is 0 Å². The molecule has 0 radical (unpaired) electrons. The summed E-state index contributed by atoms with van der Waals surface area (Å²) in [5.41, 5.74) is 7.50. The zero-order valence-corrected chi connectivity index (χ0v) is 10.6. The Morgan fingerprint density at radius 3 is 2.68 bits per heavy atom. The number of hydrogen-bond donors (Lipinski definition) is 1. The van der Waals surface area contributed by atoms with E-state index in [0.717, 1.165) is 22.1 Å². The van der Waals surface area contributed by atoms with Crippen LogP contribution in [-0.4, -0.2) is 4.98 Å². The molecule has 1 heterocycles. The van der Waals surface area contributed by atoms with Gasteiger partial charge < -0.3 is 10.5 Å². The van der Waals surface area contributed by atoms with E-state index in [1.807, 2.05) is 37.3 Å². The van der Waals surface area contributed by atoms with Crippen molar-refractivity contribution in [1.29, 1.82) is 0 Å². The molecule has 1 aromatic heterocycles. The maximum Gasteiger partial charge on any atom is 0.221 e. The lowest BCUT2D eigenvalue weighted by Gasteiger charge is -2.09. The summed E-state index contributed by atoms with van der Waals surface area (Å²) in [6, 6.07) is 15.8. The van der Waals surface area contributed by atoms with Gasteiger partial charge in [0.1, 0.15) is 5.75 Å². The number of anilines is 1. The Bertz CT molecular complexity index is 732. The number of aryl methyl sites for hydroxylation is 1. The van der Waals surface area contributed by atoms with Crippen molar-refractivity contribution in [3.05, 3.63) is 60.3 Å². The van der Waals surface area contributed by atoms with Gasteiger partial charge in [-0.25, -0.2) is 4.98 Å². The van der Waals surface area contributed by atoms with Crippen LogP contribution < -0.4 is 10.5 Å². The van der Waals surface area contributed by atoms with Crippen LogP contribution >= 0.6 is 0 Å². The highest BCUT2D eigenvalue weighted by atomic mass is 16.5. The molecular weight excluding hydrogens is 236 g/mol. The topological polar surface area (TPSA) is 48.1 Å². The fourth-order valence-corrected chi connectivity index (χ4v) is 1.97. The summed E-state index contributed by atoms with van der Waals surface area (Å²) in [6.45, 7) is 1.92. The minimum absolute atomic E-state index is 0.513. The number of ether oxygens (including phenoxy) is 1. The molecule has 0 aliphatic carbocycles. The molecular formula is C16H14N2O. The molecule has 0 unspecified atom stereocenters. The Kier molecular flexibility index (Phi) is 2.80. The number of aromatic nitrogens is 1. The Labute approximate surface area is 111 Å². The van der Waals surface area contributed by atoms with Crippen molar-refractivity contribution in [2.24, 2.45) is 0 Å². The zero-order chi connectivity index (χ0) is 13.2. The van der Waals surface area contributed by atoms with Crippen LogP contribution in [-0.2, 0) is 0 Å². The van der Waals surface area contributed by atoms with Gasteiger partial charge >= 0.3 is 0 Å². The van der Waals surface area contributed by atoms with E-state index in [4.69, 9.17) is 10.5 Å². The molecule has 3 nitrogen and oxygen atoms in total. The van der Waals surface area contributed by atoms with Crippen molar-refractivity contribution in [2.75, 3.05) is 5.73 Å². The second kappa shape index (κ2) is 4.61. The Balaban J connectivity index is 2.03. The molecule has 0 bridgehead atoms. The van der Waals surface area contributed by atoms with Crippen LogP contribution in [0.15, 0.2) is 54.7 Å². The van der Waals surface area contributed by atoms with Crippen LogP contribution in [0, 0.1) is 6.92 Å². The third-order valence-corrected chi connectivity index (χ3v) is 3.08. The molecule has 19 heavy (non-hydrogen) atoms. The highest BCUT2D eigenvalue weighted by molar-refractivity contribution is 5.88. The molecule has 0 fully saturated rings. The maximum atomic E-state index is 5.87. The molecule has 3 aromatic rings. The van der Waals surface area contributed by atoms with Crippen LogP contribution in [0.3, 0.4) is 0 Å². The summed E-state index contributed by atoms with van der Waals surface area (Å²) >= 11 is 0. The average molecular weight is 250 g/mol. The van der Waals surface area contributed by atoms with Crippen molar-refractivity contribution in [2.45, 2.75) is 6.92 Å². The van der Waals surface area contributed by atoms with Gasteiger partial charge in [-0.2, -0.15) is 0 Å². The van der Waals surface area contributed by atoms with E-state index >= 15 is 0 Å². The summed E-state index contributed by atoms with van der Waals surface area (Å²) in [6.07, 6.45) is 1.72. The van der Waals surface area contributed by atoms with E-state index in [1.165, 1.54) is 0 Å². The van der Waals surface area contributed by atoms with Gasteiger partial charge in [-0.05, 0) is 23.9 Å². The molecule has 0 spiro atoms. The fraction of sp³-hybridized carbons (Fsp3) is 0.0625. The number of nitrogens with zero attached hydrogens (tertiary/aromatic N) is 1. The fourth-order valence-electron chi connectivity index (χ4n) is 1.97. The Morgan fingerprint density at radius 1 is 1.05 bits per heavy atom. The molecule has 0 saturated carbocycles. The van der Waals surface area contributed by atoms with Gasteiger partial charge in [0, 0.05) is 23.3 Å². The summed E-state index contributed by atoms with van der Waals surface area (Å²) in [7, 11) is 0. The van der Waals surface area contributed by atoms with Crippen molar-refractivity contribution in [1.82, 2.24) is 4.98 Å². The zero-order valence-electron chi connectivity index (χ0n) is 10.6. The summed E-state index contributed by atoms with van der Waals surface area (Å²) in [5, 5.41) is 2.20. The molecule has 94 valence electrons. The Hall–Kier alpha value is -2.55. The minimum atomic E-state index is 0.513. The number of nitrogen functional groups attached to an aromatic ring is 1. The third-order valence-electron chi connectivity index (χ3n) is 3.08. The van der Waals surface area contributed by atoms with Gasteiger partial charge in [-0.1, -0.05) is 36.4 Å². The van der Waals surface area contributed by atoms with E-state index in [0.29, 0.717) is 11.6 Å². The third kappa shape index (κ3) is 2.22. The van der Waals surface area contributed by atoms with Crippen molar-refractivity contribution in [3.63, 3.8) is 0 Å². The van der Waals surface area contributed by atoms with Crippen LogP contribution in [0.1, 0.15) is 5.56 Å². The number of pyridine rings is 1. The van der Waals surface area contributed by atoms with Crippen LogP contribution in [0.2, 0.25) is 0 Å². The SMILES string of the molecule is Cc1cnc(Oc2cccc3ccccc23)cc1N. The summed E-state index contributed by atoms with van der Waals surface area (Å²) < 4.78 is 5.84. The van der Waals surface area contributed by atoms with E-state index in [1.54, 1.807) is 12.3 Å². The lowest BCUT2D eigenvalue weighted by Crippen LogP contribution is -1.94. The number of nitrogens with two attached hydrogens (primary N) is 1. The number of rotatable bonds is 2. The lowest BCUT2D eigenvalue weighted by molar-refractivity contribution is 0.468. The monoisotopic (exact) mass is 250 g/mol. The standard InChI is InChI=1S/C16H14N2O/c1-11-10-18-16(9-14(11)17)19-15-8-4-6-12-5-2-3-7-13(12)15/h2-10H,1H3,(H2,17,18). The molecule has 0 saturated heterocycles. The summed E-state index contributed by atoms with van der Waals surface area (Å²) in [5.74, 6) is 1.30. The Morgan fingerprint density at radius 2 is 1.84 bits per heavy atom. The molecule has 3 heteroatoms. The van der Waals surface area contributed by atoms with Crippen molar-refractivity contribution < 1.29 is 4.74 Å². The molecule has 0 amide bonds. The first kappa shape index (κ1) is 11.5. The van der Waals surface area contributed by atoms with Gasteiger partial charge in [-0.3, -0.25) is 0 Å². The van der Waals surface area contributed by atoms with Gasteiger partial charge in [0.05, 0.1) is 0 Å². The molecule has 0 aliphatic rings. The molecule has 0 atom stereocenters. The highest BCUT2D eigenvalue weighted by Gasteiger charge is 2.05. The smallest absolute Gasteiger partial charge is 0.221 e. The number of fused-ring (bicyclic) bond motifs is 1. The first-order valence-corrected chi connectivity index (χ1v) is 6.12. The van der Waals surface area contributed by atoms with Gasteiger partial charge in [0.25, 0.3) is 0 Å². The lowest BCUT2D eigenvalue weighted by atomic mass is 10.1. The van der Waals surface area contributed by atoms with Crippen molar-refractivity contribution >= 4 is 16.5 Å². The predicted octanol–water partition coefficient (Wildman–Crippen LogP) is 3.92. The molecule has 3 rings (SSSR count). The second-order valence-corrected chi connectivity index (χ2v) is 4.46. The molecule has 0 aliphatic heterocycles. The van der Waals surface area contributed by atoms with E-state index < -0.39 is 0 Å². The quantitative estimate of drug-likeness (QED) is 0.750. The molecule has 2 N–H and O–H groups in total. The van der Waals surface area contributed by atoms with Crippen LogP contribution in [0.5, 0.6) is 11.6 Å². The normalized spacial score (nSPS) is 10.6. The molecule has 2 aromatic carbocycles. The minimum Gasteiger partial charge on any atom is -0.438 e. The average Bonchev–Trinajstić information content (AvgIpc) is 2.43. The maximum absolute atomic E-state index is 5.87. The second-order valence-electron chi connectivity index (χ2n) is 4.46. The van der Waals surface area contributed by atoms with Crippen molar-refractivity contribution in [3.8, 4) is 11.6 Å². The van der Waals surface area contributed by atoms with Gasteiger partial charge in [0.2, 0.25) is 5.88 Å². The van der Waals surface area contributed by atoms with E-state index in [9.17, 15) is 0 Å². The first-order valence-electron chi connectivity index (χ1n) is 6.12. The first-order chi connectivity index (χ1) is 9.24. The highest BCUT2D eigenvalue weighted by Crippen LogP contribution is 2.29. The van der Waals surface area contributed by atoms with Gasteiger partial charge in [0.15, 0.2) is 0 Å². The van der Waals surface area contributed by atoms with Crippen LogP contribution in [0.25, 0.3) is 10.8 Å².